The van der Waals surface area contributed by atoms with Crippen LogP contribution in [0.1, 0.15) is 34.0 Å². The van der Waals surface area contributed by atoms with E-state index in [0.717, 1.165) is 12.8 Å². The molecule has 0 spiro atoms. The van der Waals surface area contributed by atoms with Gasteiger partial charge in [0.1, 0.15) is 0 Å². The summed E-state index contributed by atoms with van der Waals surface area (Å²) in [5.41, 5.74) is 4.27. The molecule has 0 amide bonds. The molecule has 0 saturated heterocycles. The molecule has 0 bridgehead atoms. The van der Waals surface area contributed by atoms with Crippen molar-refractivity contribution < 1.29 is 0 Å². The maximum absolute atomic E-state index is 3.45. The lowest BCUT2D eigenvalue weighted by Crippen LogP contribution is -2.16. The van der Waals surface area contributed by atoms with Crippen molar-refractivity contribution in [2.45, 2.75) is 32.7 Å². The van der Waals surface area contributed by atoms with Crippen molar-refractivity contribution in [1.82, 2.24) is 5.32 Å². The van der Waals surface area contributed by atoms with Crippen molar-refractivity contribution in [3.63, 3.8) is 0 Å². The van der Waals surface area contributed by atoms with Gasteiger partial charge in [-0.25, -0.2) is 0 Å². The number of benzene rings is 1. The zero-order chi connectivity index (χ0) is 13.0. The van der Waals surface area contributed by atoms with E-state index >= 15 is 0 Å². The first-order valence-electron chi connectivity index (χ1n) is 6.48. The van der Waals surface area contributed by atoms with Crippen molar-refractivity contribution >= 4 is 11.3 Å². The topological polar surface area (TPSA) is 12.0 Å². The molecule has 1 aromatic carbocycles. The smallest absolute Gasteiger partial charge is 0.0418 e. The summed E-state index contributed by atoms with van der Waals surface area (Å²) in [5.74, 6) is 0. The van der Waals surface area contributed by atoms with E-state index in [0.29, 0.717) is 6.04 Å². The number of hydrogen-bond acceptors (Lipinski definition) is 2. The Bertz CT molecular complexity index is 501. The molecule has 2 aromatic rings. The van der Waals surface area contributed by atoms with Gasteiger partial charge in [0.25, 0.3) is 0 Å². The molecule has 1 heterocycles. The first kappa shape index (κ1) is 13.3. The summed E-state index contributed by atoms with van der Waals surface area (Å²) < 4.78 is 0. The molecule has 0 aliphatic rings. The lowest BCUT2D eigenvalue weighted by Gasteiger charge is -2.16. The molecule has 2 rings (SSSR count). The summed E-state index contributed by atoms with van der Waals surface area (Å²) in [5, 5.41) is 5.63. The number of aryl methyl sites for hydroxylation is 3. The Kier molecular flexibility index (Phi) is 4.56. The quantitative estimate of drug-likeness (QED) is 0.846. The molecule has 0 aliphatic heterocycles. The highest BCUT2D eigenvalue weighted by Gasteiger charge is 2.13. The fraction of sp³-hybridized carbons (Fsp3) is 0.375. The van der Waals surface area contributed by atoms with Gasteiger partial charge < -0.3 is 5.32 Å². The summed E-state index contributed by atoms with van der Waals surface area (Å²) in [6, 6.07) is 11.4. The minimum atomic E-state index is 0.476. The molecule has 1 N–H and O–H groups in total. The SMILES string of the molecule is CNC(CCc1ccccc1C)c1sccc1C. The third-order valence-electron chi connectivity index (χ3n) is 3.53. The maximum atomic E-state index is 3.45. The van der Waals surface area contributed by atoms with E-state index < -0.39 is 0 Å². The van der Waals surface area contributed by atoms with E-state index in [1.807, 2.05) is 11.3 Å². The number of hydrogen-bond donors (Lipinski definition) is 1. The molecule has 0 radical (unpaired) electrons. The second-order valence-electron chi connectivity index (χ2n) is 4.77. The van der Waals surface area contributed by atoms with E-state index in [2.05, 4.69) is 61.9 Å². The zero-order valence-electron chi connectivity index (χ0n) is 11.4. The number of thiophene rings is 1. The molecule has 1 aromatic heterocycles. The minimum absolute atomic E-state index is 0.476. The number of rotatable bonds is 5. The molecule has 96 valence electrons. The van der Waals surface area contributed by atoms with E-state index in [1.165, 1.54) is 21.6 Å². The molecule has 1 atom stereocenters. The van der Waals surface area contributed by atoms with Crippen molar-refractivity contribution in [2.75, 3.05) is 7.05 Å². The molecular formula is C16H21NS. The standard InChI is InChI=1S/C16H21NS/c1-12-6-4-5-7-14(12)8-9-15(17-3)16-13(2)10-11-18-16/h4-7,10-11,15,17H,8-9H2,1-3H3. The van der Waals surface area contributed by atoms with Crippen LogP contribution in [0.15, 0.2) is 35.7 Å². The van der Waals surface area contributed by atoms with Gasteiger partial charge in [0.05, 0.1) is 0 Å². The predicted molar refractivity (Wildman–Crippen MR) is 80.4 cm³/mol. The molecule has 18 heavy (non-hydrogen) atoms. The van der Waals surface area contributed by atoms with Crippen LogP contribution < -0.4 is 5.32 Å². The third kappa shape index (κ3) is 3.01. The minimum Gasteiger partial charge on any atom is -0.312 e. The second-order valence-corrected chi connectivity index (χ2v) is 5.72. The van der Waals surface area contributed by atoms with Crippen molar-refractivity contribution in [3.8, 4) is 0 Å². The van der Waals surface area contributed by atoms with Crippen molar-refractivity contribution in [2.24, 2.45) is 0 Å². The average molecular weight is 259 g/mol. The Balaban J connectivity index is 2.05. The van der Waals surface area contributed by atoms with E-state index in [-0.39, 0.29) is 0 Å². The fourth-order valence-corrected chi connectivity index (χ4v) is 3.41. The van der Waals surface area contributed by atoms with Crippen LogP contribution in [0.2, 0.25) is 0 Å². The van der Waals surface area contributed by atoms with E-state index in [4.69, 9.17) is 0 Å². The van der Waals surface area contributed by atoms with Crippen LogP contribution in [0.3, 0.4) is 0 Å². The summed E-state index contributed by atoms with van der Waals surface area (Å²) in [6.45, 7) is 4.39. The Morgan fingerprint density at radius 1 is 1.11 bits per heavy atom. The lowest BCUT2D eigenvalue weighted by atomic mass is 9.99. The maximum Gasteiger partial charge on any atom is 0.0418 e. The van der Waals surface area contributed by atoms with Crippen LogP contribution in [-0.2, 0) is 6.42 Å². The molecule has 1 unspecified atom stereocenters. The van der Waals surface area contributed by atoms with Gasteiger partial charge in [-0.1, -0.05) is 24.3 Å². The monoisotopic (exact) mass is 259 g/mol. The van der Waals surface area contributed by atoms with E-state index in [9.17, 15) is 0 Å². The predicted octanol–water partition coefficient (Wildman–Crippen LogP) is 4.26. The summed E-state index contributed by atoms with van der Waals surface area (Å²) in [4.78, 5) is 1.48. The largest absolute Gasteiger partial charge is 0.312 e. The Morgan fingerprint density at radius 3 is 2.50 bits per heavy atom. The van der Waals surface area contributed by atoms with Crippen LogP contribution in [0.25, 0.3) is 0 Å². The van der Waals surface area contributed by atoms with Gasteiger partial charge >= 0.3 is 0 Å². The highest BCUT2D eigenvalue weighted by Crippen LogP contribution is 2.27. The Labute approximate surface area is 114 Å². The molecule has 0 aliphatic carbocycles. The van der Waals surface area contributed by atoms with Crippen LogP contribution >= 0.6 is 11.3 Å². The van der Waals surface area contributed by atoms with E-state index in [1.54, 1.807) is 0 Å². The van der Waals surface area contributed by atoms with Gasteiger partial charge in [-0.3, -0.25) is 0 Å². The van der Waals surface area contributed by atoms with Crippen molar-refractivity contribution in [1.29, 1.82) is 0 Å². The first-order chi connectivity index (χ1) is 8.72. The van der Waals surface area contributed by atoms with Gasteiger partial charge in [0, 0.05) is 10.9 Å². The average Bonchev–Trinajstić information content (AvgIpc) is 2.79. The van der Waals surface area contributed by atoms with Crippen LogP contribution in [0.5, 0.6) is 0 Å². The highest BCUT2D eigenvalue weighted by molar-refractivity contribution is 7.10. The zero-order valence-corrected chi connectivity index (χ0v) is 12.2. The summed E-state index contributed by atoms with van der Waals surface area (Å²) in [7, 11) is 2.06. The Hall–Kier alpha value is -1.12. The summed E-state index contributed by atoms with van der Waals surface area (Å²) in [6.07, 6.45) is 2.29. The van der Waals surface area contributed by atoms with Gasteiger partial charge in [-0.15, -0.1) is 11.3 Å². The van der Waals surface area contributed by atoms with Gasteiger partial charge in [-0.05, 0) is 61.9 Å². The Morgan fingerprint density at radius 2 is 1.89 bits per heavy atom. The highest BCUT2D eigenvalue weighted by atomic mass is 32.1. The second kappa shape index (κ2) is 6.17. The molecule has 0 fully saturated rings. The molecule has 2 heteroatoms. The molecular weight excluding hydrogens is 238 g/mol. The van der Waals surface area contributed by atoms with Gasteiger partial charge in [-0.2, -0.15) is 0 Å². The molecule has 1 nitrogen and oxygen atoms in total. The van der Waals surface area contributed by atoms with Crippen LogP contribution in [0, 0.1) is 13.8 Å². The van der Waals surface area contributed by atoms with Gasteiger partial charge in [0.15, 0.2) is 0 Å². The van der Waals surface area contributed by atoms with Crippen LogP contribution in [0.4, 0.5) is 0 Å². The van der Waals surface area contributed by atoms with Gasteiger partial charge in [0.2, 0.25) is 0 Å². The fourth-order valence-electron chi connectivity index (χ4n) is 2.34. The number of nitrogens with one attached hydrogen (secondary N) is 1. The van der Waals surface area contributed by atoms with Crippen LogP contribution in [-0.4, -0.2) is 7.05 Å². The first-order valence-corrected chi connectivity index (χ1v) is 7.36. The molecule has 0 saturated carbocycles. The lowest BCUT2D eigenvalue weighted by molar-refractivity contribution is 0.555. The third-order valence-corrected chi connectivity index (χ3v) is 4.66. The summed E-state index contributed by atoms with van der Waals surface area (Å²) >= 11 is 1.86. The normalized spacial score (nSPS) is 12.6. The van der Waals surface area contributed by atoms with Crippen molar-refractivity contribution in [3.05, 3.63) is 57.3 Å².